The molecule has 0 fully saturated rings. The molecule has 0 aliphatic carbocycles. The lowest BCUT2D eigenvalue weighted by molar-refractivity contribution is 0.185. The lowest BCUT2D eigenvalue weighted by atomic mass is 9.78. The fraction of sp³-hybridized carbons (Fsp3) is 0.304. The second-order valence-corrected chi connectivity index (χ2v) is 7.15. The average molecular weight is 360 g/mol. The second-order valence-electron chi connectivity index (χ2n) is 7.15. The third kappa shape index (κ3) is 3.94. The summed E-state index contributed by atoms with van der Waals surface area (Å²) in [5, 5.41) is 10.9. The van der Waals surface area contributed by atoms with E-state index in [-0.39, 0.29) is 5.56 Å². The zero-order chi connectivity index (χ0) is 19.4. The monoisotopic (exact) mass is 360 g/mol. The number of aromatic amines is 1. The first-order valence-electron chi connectivity index (χ1n) is 9.13. The van der Waals surface area contributed by atoms with Gasteiger partial charge < -0.3 is 9.72 Å². The number of methoxy groups -OCH3 is 1. The molecule has 2 aromatic carbocycles. The molecule has 3 rings (SSSR count). The van der Waals surface area contributed by atoms with E-state index < -0.39 is 5.41 Å². The topological polar surface area (TPSA) is 65.9 Å². The molecular weight excluding hydrogens is 336 g/mol. The van der Waals surface area contributed by atoms with Crippen molar-refractivity contribution in [2.24, 2.45) is 0 Å². The van der Waals surface area contributed by atoms with Crippen LogP contribution in [0.15, 0.2) is 53.3 Å². The molecule has 1 heterocycles. The van der Waals surface area contributed by atoms with Crippen LogP contribution in [0.5, 0.6) is 0 Å². The van der Waals surface area contributed by atoms with E-state index in [9.17, 15) is 10.1 Å². The molecular formula is C23H24N2O2. The van der Waals surface area contributed by atoms with Crippen LogP contribution in [0.25, 0.3) is 10.9 Å². The van der Waals surface area contributed by atoms with Gasteiger partial charge in [-0.25, -0.2) is 0 Å². The number of aromatic nitrogens is 1. The first kappa shape index (κ1) is 18.9. The number of hydrogen-bond acceptors (Lipinski definition) is 3. The molecule has 4 heteroatoms. The highest BCUT2D eigenvalue weighted by molar-refractivity contribution is 5.80. The minimum atomic E-state index is -0.694. The highest BCUT2D eigenvalue weighted by Gasteiger charge is 2.27. The zero-order valence-corrected chi connectivity index (χ0v) is 16.0. The summed E-state index contributed by atoms with van der Waals surface area (Å²) in [6, 6.07) is 18.4. The van der Waals surface area contributed by atoms with Gasteiger partial charge in [-0.2, -0.15) is 5.26 Å². The Morgan fingerprint density at radius 1 is 1.15 bits per heavy atom. The number of rotatable bonds is 6. The van der Waals surface area contributed by atoms with Gasteiger partial charge in [0.25, 0.3) is 5.56 Å². The van der Waals surface area contributed by atoms with Gasteiger partial charge in [-0.15, -0.1) is 0 Å². The number of pyridine rings is 1. The predicted molar refractivity (Wildman–Crippen MR) is 108 cm³/mol. The van der Waals surface area contributed by atoms with Crippen molar-refractivity contribution in [3.8, 4) is 6.07 Å². The molecule has 0 aliphatic rings. The Hall–Kier alpha value is -2.90. The third-order valence-corrected chi connectivity index (χ3v) is 5.05. The van der Waals surface area contributed by atoms with Crippen LogP contribution >= 0.6 is 0 Å². The molecule has 1 atom stereocenters. The molecule has 27 heavy (non-hydrogen) atoms. The van der Waals surface area contributed by atoms with Gasteiger partial charge >= 0.3 is 0 Å². The average Bonchev–Trinajstić information content (AvgIpc) is 2.67. The highest BCUT2D eigenvalue weighted by Crippen LogP contribution is 2.30. The van der Waals surface area contributed by atoms with Gasteiger partial charge in [0.1, 0.15) is 0 Å². The number of hydrogen-bond donors (Lipinski definition) is 1. The van der Waals surface area contributed by atoms with Crippen molar-refractivity contribution in [2.45, 2.75) is 38.7 Å². The summed E-state index contributed by atoms with van der Waals surface area (Å²) in [5.41, 5.74) is 3.86. The fourth-order valence-corrected chi connectivity index (χ4v) is 3.46. The van der Waals surface area contributed by atoms with Gasteiger partial charge in [-0.05, 0) is 54.0 Å². The number of ether oxygens (including phenoxy) is 1. The normalized spacial score (nSPS) is 13.3. The highest BCUT2D eigenvalue weighted by atomic mass is 16.5. The maximum absolute atomic E-state index is 12.2. The molecule has 0 saturated heterocycles. The Morgan fingerprint density at radius 3 is 2.63 bits per heavy atom. The molecule has 0 saturated carbocycles. The Bertz CT molecular complexity index is 1060. The summed E-state index contributed by atoms with van der Waals surface area (Å²) in [7, 11) is 1.67. The molecule has 0 bridgehead atoms. The van der Waals surface area contributed by atoms with Crippen LogP contribution in [0.4, 0.5) is 0 Å². The van der Waals surface area contributed by atoms with Gasteiger partial charge in [0.15, 0.2) is 0 Å². The minimum Gasteiger partial charge on any atom is -0.380 e. The predicted octanol–water partition coefficient (Wildman–Crippen LogP) is 4.26. The smallest absolute Gasteiger partial charge is 0.251 e. The standard InChI is InChI=1S/C23H24N2O2/c1-4-18-11-19-8-9-20(12-21(19)25-22(18)26)23(2,15-24)13-16-6-5-7-17(10-16)14-27-3/h5-12H,4,13-14H2,1-3H3,(H,25,26). The molecule has 4 nitrogen and oxygen atoms in total. The van der Waals surface area contributed by atoms with Gasteiger partial charge in [0.05, 0.1) is 18.1 Å². The van der Waals surface area contributed by atoms with E-state index in [0.29, 0.717) is 19.4 Å². The van der Waals surface area contributed by atoms with Crippen LogP contribution in [0.3, 0.4) is 0 Å². The largest absolute Gasteiger partial charge is 0.380 e. The zero-order valence-electron chi connectivity index (χ0n) is 16.0. The maximum atomic E-state index is 12.2. The maximum Gasteiger partial charge on any atom is 0.251 e. The van der Waals surface area contributed by atoms with Crippen molar-refractivity contribution in [1.82, 2.24) is 4.98 Å². The summed E-state index contributed by atoms with van der Waals surface area (Å²) < 4.78 is 5.20. The molecule has 1 N–H and O–H groups in total. The minimum absolute atomic E-state index is 0.0620. The van der Waals surface area contributed by atoms with E-state index >= 15 is 0 Å². The molecule has 1 unspecified atom stereocenters. The Morgan fingerprint density at radius 2 is 1.93 bits per heavy atom. The number of fused-ring (bicyclic) bond motifs is 1. The number of benzene rings is 2. The Balaban J connectivity index is 2.00. The van der Waals surface area contributed by atoms with Crippen LogP contribution in [0.2, 0.25) is 0 Å². The van der Waals surface area contributed by atoms with Gasteiger partial charge in [-0.3, -0.25) is 4.79 Å². The van der Waals surface area contributed by atoms with Crippen LogP contribution < -0.4 is 5.56 Å². The summed E-state index contributed by atoms with van der Waals surface area (Å²) in [4.78, 5) is 15.1. The van der Waals surface area contributed by atoms with Crippen molar-refractivity contribution in [3.63, 3.8) is 0 Å². The van der Waals surface area contributed by atoms with Crippen LogP contribution in [-0.2, 0) is 29.6 Å². The molecule has 3 aromatic rings. The summed E-state index contributed by atoms with van der Waals surface area (Å²) in [6.07, 6.45) is 1.28. The van der Waals surface area contributed by atoms with Crippen molar-refractivity contribution in [1.29, 1.82) is 5.26 Å². The Labute approximate surface area is 159 Å². The number of aryl methyl sites for hydroxylation is 1. The van der Waals surface area contributed by atoms with Crippen molar-refractivity contribution < 1.29 is 4.74 Å². The third-order valence-electron chi connectivity index (χ3n) is 5.05. The SMILES string of the molecule is CCc1cc2ccc(C(C)(C#N)Cc3cccc(COC)c3)cc2[nH]c1=O. The number of H-pyrrole nitrogens is 1. The lowest BCUT2D eigenvalue weighted by Crippen LogP contribution is -2.23. The first-order valence-corrected chi connectivity index (χ1v) is 9.13. The molecule has 0 radical (unpaired) electrons. The second kappa shape index (κ2) is 7.77. The first-order chi connectivity index (χ1) is 13.0. The fourth-order valence-electron chi connectivity index (χ4n) is 3.46. The molecule has 0 spiro atoms. The van der Waals surface area contributed by atoms with Gasteiger partial charge in [0, 0.05) is 18.2 Å². The van der Waals surface area contributed by atoms with E-state index in [1.54, 1.807) is 7.11 Å². The van der Waals surface area contributed by atoms with E-state index in [1.165, 1.54) is 0 Å². The molecule has 1 aromatic heterocycles. The summed E-state index contributed by atoms with van der Waals surface area (Å²) >= 11 is 0. The number of nitrogens with one attached hydrogen (secondary N) is 1. The Kier molecular flexibility index (Phi) is 5.43. The van der Waals surface area contributed by atoms with Gasteiger partial charge in [0.2, 0.25) is 0 Å². The van der Waals surface area contributed by atoms with E-state index in [1.807, 2.05) is 56.3 Å². The quantitative estimate of drug-likeness (QED) is 0.714. The summed E-state index contributed by atoms with van der Waals surface area (Å²) in [5.74, 6) is 0. The van der Waals surface area contributed by atoms with Crippen LogP contribution in [0, 0.1) is 11.3 Å². The van der Waals surface area contributed by atoms with E-state index in [4.69, 9.17) is 4.74 Å². The van der Waals surface area contributed by atoms with Crippen molar-refractivity contribution in [3.05, 3.63) is 81.1 Å². The van der Waals surface area contributed by atoms with E-state index in [0.717, 1.165) is 33.2 Å². The van der Waals surface area contributed by atoms with Crippen molar-refractivity contribution >= 4 is 10.9 Å². The van der Waals surface area contributed by atoms with Crippen LogP contribution in [0.1, 0.15) is 36.1 Å². The molecule has 0 amide bonds. The van der Waals surface area contributed by atoms with E-state index in [2.05, 4.69) is 17.1 Å². The molecule has 138 valence electrons. The molecule has 0 aliphatic heterocycles. The van der Waals surface area contributed by atoms with Crippen molar-refractivity contribution in [2.75, 3.05) is 7.11 Å². The number of nitrogens with zero attached hydrogens (tertiary/aromatic N) is 1. The number of nitriles is 1. The summed E-state index contributed by atoms with van der Waals surface area (Å²) in [6.45, 7) is 4.46. The van der Waals surface area contributed by atoms with Crippen LogP contribution in [-0.4, -0.2) is 12.1 Å². The van der Waals surface area contributed by atoms with Gasteiger partial charge in [-0.1, -0.05) is 43.3 Å². The lowest BCUT2D eigenvalue weighted by Gasteiger charge is -2.23.